The molecular weight excluding hydrogens is 264 g/mol. The maximum Gasteiger partial charge on any atom is 0.0415 e. The van der Waals surface area contributed by atoms with Gasteiger partial charge >= 0.3 is 0 Å². The number of nitrogens with zero attached hydrogens (tertiary/aromatic N) is 1. The summed E-state index contributed by atoms with van der Waals surface area (Å²) in [6.07, 6.45) is 2.19. The van der Waals surface area contributed by atoms with Crippen molar-refractivity contribution in [2.45, 2.75) is 38.8 Å². The molecule has 0 saturated carbocycles. The van der Waals surface area contributed by atoms with E-state index in [1.54, 1.807) is 0 Å². The van der Waals surface area contributed by atoms with Crippen LogP contribution in [0, 0.1) is 0 Å². The van der Waals surface area contributed by atoms with Crippen LogP contribution < -0.4 is 10.6 Å². The van der Waals surface area contributed by atoms with Crippen LogP contribution in [0.5, 0.6) is 0 Å². The van der Waals surface area contributed by atoms with Gasteiger partial charge in [0.05, 0.1) is 0 Å². The van der Waals surface area contributed by atoms with Gasteiger partial charge in [-0.1, -0.05) is 22.0 Å². The van der Waals surface area contributed by atoms with Crippen molar-refractivity contribution in [2.24, 2.45) is 5.73 Å². The van der Waals surface area contributed by atoms with E-state index < -0.39 is 0 Å². The number of hydrogen-bond acceptors (Lipinski definition) is 2. The highest BCUT2D eigenvalue weighted by atomic mass is 79.9. The average Bonchev–Trinajstić information content (AvgIpc) is 2.58. The van der Waals surface area contributed by atoms with E-state index in [9.17, 15) is 0 Å². The molecule has 0 amide bonds. The molecule has 0 aromatic heterocycles. The zero-order valence-corrected chi connectivity index (χ0v) is 11.5. The minimum Gasteiger partial charge on any atom is -0.365 e. The van der Waals surface area contributed by atoms with Gasteiger partial charge < -0.3 is 10.6 Å². The first-order chi connectivity index (χ1) is 7.65. The van der Waals surface area contributed by atoms with Crippen LogP contribution in [-0.2, 0) is 6.42 Å². The van der Waals surface area contributed by atoms with Crippen molar-refractivity contribution >= 4 is 21.6 Å². The SMILES string of the molecule is CC(C)N1c2cccc(Br)c2CC1CCN. The third kappa shape index (κ3) is 1.98. The quantitative estimate of drug-likeness (QED) is 0.924. The van der Waals surface area contributed by atoms with Crippen LogP contribution in [0.3, 0.4) is 0 Å². The van der Waals surface area contributed by atoms with E-state index in [4.69, 9.17) is 5.73 Å². The first-order valence-electron chi connectivity index (χ1n) is 5.91. The number of fused-ring (bicyclic) bond motifs is 1. The van der Waals surface area contributed by atoms with Gasteiger partial charge in [-0.15, -0.1) is 0 Å². The van der Waals surface area contributed by atoms with E-state index >= 15 is 0 Å². The maximum atomic E-state index is 5.71. The first-order valence-corrected chi connectivity index (χ1v) is 6.70. The molecule has 1 aromatic rings. The Kier molecular flexibility index (Phi) is 3.55. The molecule has 0 radical (unpaired) electrons. The summed E-state index contributed by atoms with van der Waals surface area (Å²) in [5.41, 5.74) is 8.52. The molecule has 3 heteroatoms. The van der Waals surface area contributed by atoms with Gasteiger partial charge in [-0.25, -0.2) is 0 Å². The van der Waals surface area contributed by atoms with E-state index in [2.05, 4.69) is 52.9 Å². The Labute approximate surface area is 106 Å². The van der Waals surface area contributed by atoms with Crippen molar-refractivity contribution in [3.05, 3.63) is 28.2 Å². The van der Waals surface area contributed by atoms with Gasteiger partial charge in [-0.05, 0) is 50.9 Å². The number of nitrogens with two attached hydrogens (primary N) is 1. The van der Waals surface area contributed by atoms with Crippen LogP contribution >= 0.6 is 15.9 Å². The molecule has 0 bridgehead atoms. The Bertz CT molecular complexity index is 376. The fourth-order valence-electron chi connectivity index (χ4n) is 2.66. The molecule has 1 unspecified atom stereocenters. The van der Waals surface area contributed by atoms with Crippen LogP contribution in [0.1, 0.15) is 25.8 Å². The Morgan fingerprint density at radius 1 is 1.50 bits per heavy atom. The van der Waals surface area contributed by atoms with Crippen molar-refractivity contribution in [3.8, 4) is 0 Å². The number of halogens is 1. The van der Waals surface area contributed by atoms with Crippen molar-refractivity contribution < 1.29 is 0 Å². The molecule has 1 aliphatic heterocycles. The van der Waals surface area contributed by atoms with Gasteiger partial charge in [0.15, 0.2) is 0 Å². The third-order valence-corrected chi connectivity index (χ3v) is 4.00. The summed E-state index contributed by atoms with van der Waals surface area (Å²) in [7, 11) is 0. The lowest BCUT2D eigenvalue weighted by atomic mass is 10.1. The van der Waals surface area contributed by atoms with Crippen LogP contribution in [0.4, 0.5) is 5.69 Å². The fourth-order valence-corrected chi connectivity index (χ4v) is 3.17. The predicted molar refractivity (Wildman–Crippen MR) is 72.9 cm³/mol. The van der Waals surface area contributed by atoms with Gasteiger partial charge in [0.2, 0.25) is 0 Å². The number of hydrogen-bond donors (Lipinski definition) is 1. The van der Waals surface area contributed by atoms with Crippen molar-refractivity contribution in [2.75, 3.05) is 11.4 Å². The average molecular weight is 283 g/mol. The zero-order valence-electron chi connectivity index (χ0n) is 9.91. The monoisotopic (exact) mass is 282 g/mol. The lowest BCUT2D eigenvalue weighted by molar-refractivity contribution is 0.541. The second-order valence-corrected chi connectivity index (χ2v) is 5.53. The van der Waals surface area contributed by atoms with E-state index in [-0.39, 0.29) is 0 Å². The number of rotatable bonds is 3. The van der Waals surface area contributed by atoms with Crippen LogP contribution in [0.2, 0.25) is 0 Å². The fraction of sp³-hybridized carbons (Fsp3) is 0.538. The number of anilines is 1. The van der Waals surface area contributed by atoms with Gasteiger partial charge in [0.25, 0.3) is 0 Å². The molecule has 1 aromatic carbocycles. The maximum absolute atomic E-state index is 5.71. The summed E-state index contributed by atoms with van der Waals surface area (Å²) >= 11 is 3.64. The highest BCUT2D eigenvalue weighted by Gasteiger charge is 2.31. The highest BCUT2D eigenvalue weighted by molar-refractivity contribution is 9.10. The van der Waals surface area contributed by atoms with Gasteiger partial charge in [0, 0.05) is 22.2 Å². The van der Waals surface area contributed by atoms with Crippen LogP contribution in [0.25, 0.3) is 0 Å². The molecule has 2 rings (SSSR count). The minimum absolute atomic E-state index is 0.534. The van der Waals surface area contributed by atoms with Crippen molar-refractivity contribution in [1.82, 2.24) is 0 Å². The summed E-state index contributed by atoms with van der Waals surface area (Å²) < 4.78 is 1.23. The molecule has 16 heavy (non-hydrogen) atoms. The Morgan fingerprint density at radius 2 is 2.25 bits per heavy atom. The second-order valence-electron chi connectivity index (χ2n) is 4.67. The summed E-state index contributed by atoms with van der Waals surface area (Å²) in [4.78, 5) is 2.51. The van der Waals surface area contributed by atoms with Gasteiger partial charge in [-0.3, -0.25) is 0 Å². The van der Waals surface area contributed by atoms with E-state index in [1.165, 1.54) is 15.7 Å². The van der Waals surface area contributed by atoms with Gasteiger partial charge in [-0.2, -0.15) is 0 Å². The molecule has 0 saturated heterocycles. The van der Waals surface area contributed by atoms with Crippen LogP contribution in [0.15, 0.2) is 22.7 Å². The molecule has 0 aliphatic carbocycles. The van der Waals surface area contributed by atoms with E-state index in [0.717, 1.165) is 19.4 Å². The molecule has 1 heterocycles. The largest absolute Gasteiger partial charge is 0.365 e. The number of benzene rings is 1. The Hall–Kier alpha value is -0.540. The summed E-state index contributed by atoms with van der Waals surface area (Å²) in [6, 6.07) is 7.56. The van der Waals surface area contributed by atoms with Gasteiger partial charge in [0.1, 0.15) is 0 Å². The normalized spacial score (nSPS) is 19.3. The summed E-state index contributed by atoms with van der Waals surface area (Å²) in [5, 5.41) is 0. The Balaban J connectivity index is 2.37. The standard InChI is InChI=1S/C13H19BrN2/c1-9(2)16-10(6-7-15)8-11-12(14)4-3-5-13(11)16/h3-5,9-10H,6-8,15H2,1-2H3. The van der Waals surface area contributed by atoms with Crippen molar-refractivity contribution in [1.29, 1.82) is 0 Å². The molecule has 2 N–H and O–H groups in total. The molecule has 2 nitrogen and oxygen atoms in total. The molecule has 1 atom stereocenters. The lowest BCUT2D eigenvalue weighted by Crippen LogP contribution is -2.38. The Morgan fingerprint density at radius 3 is 2.88 bits per heavy atom. The van der Waals surface area contributed by atoms with E-state index in [0.29, 0.717) is 12.1 Å². The van der Waals surface area contributed by atoms with Crippen molar-refractivity contribution in [3.63, 3.8) is 0 Å². The molecule has 0 fully saturated rings. The predicted octanol–water partition coefficient (Wildman–Crippen LogP) is 2.94. The molecule has 0 spiro atoms. The minimum atomic E-state index is 0.534. The molecule has 1 aliphatic rings. The smallest absolute Gasteiger partial charge is 0.0415 e. The van der Waals surface area contributed by atoms with E-state index in [1.807, 2.05) is 0 Å². The lowest BCUT2D eigenvalue weighted by Gasteiger charge is -2.31. The summed E-state index contributed by atoms with van der Waals surface area (Å²) in [5.74, 6) is 0. The van der Waals surface area contributed by atoms with Crippen LogP contribution in [-0.4, -0.2) is 18.6 Å². The third-order valence-electron chi connectivity index (χ3n) is 3.26. The topological polar surface area (TPSA) is 29.3 Å². The summed E-state index contributed by atoms with van der Waals surface area (Å²) in [6.45, 7) is 5.26. The highest BCUT2D eigenvalue weighted by Crippen LogP contribution is 2.38. The second kappa shape index (κ2) is 4.76. The first kappa shape index (κ1) is 11.9. The zero-order chi connectivity index (χ0) is 11.7. The molecular formula is C13H19BrN2. The molecule has 88 valence electrons.